The second kappa shape index (κ2) is 12.6. The molecule has 0 fully saturated rings. The lowest BCUT2D eigenvalue weighted by Gasteiger charge is -2.32. The maximum atomic E-state index is 14.5. The topological polar surface area (TPSA) is 86.8 Å². The molecule has 0 bridgehead atoms. The van der Waals surface area contributed by atoms with Crippen LogP contribution in [0.25, 0.3) is 0 Å². The second-order valence-corrected chi connectivity index (χ2v) is 11.1. The van der Waals surface area contributed by atoms with Gasteiger partial charge in [0.15, 0.2) is 0 Å². The molecule has 0 saturated carbocycles. The largest absolute Gasteiger partial charge is 0.354 e. The van der Waals surface area contributed by atoms with Gasteiger partial charge in [0.1, 0.15) is 24.2 Å². The van der Waals surface area contributed by atoms with Crippen LogP contribution in [-0.4, -0.2) is 44.3 Å². The quantitative estimate of drug-likeness (QED) is 0.390. The molecule has 38 heavy (non-hydrogen) atoms. The van der Waals surface area contributed by atoms with E-state index in [1.165, 1.54) is 37.3 Å². The highest BCUT2D eigenvalue weighted by Gasteiger charge is 2.32. The number of rotatable bonds is 11. The molecule has 0 unspecified atom stereocenters. The smallest absolute Gasteiger partial charge is 0.264 e. The summed E-state index contributed by atoms with van der Waals surface area (Å²) in [6.45, 7) is 4.81. The fourth-order valence-corrected chi connectivity index (χ4v) is 5.12. The standard InChI is InChI=1S/C28H31F2N3O4S/c1-20(2)17-31-28(35)21(3)32(18-22-9-7-8-12-26(22)30)27(34)19-33(24-10-5-4-6-11-24)38(36,37)25-15-13-23(29)14-16-25/h4-16,20-21H,17-19H2,1-3H3,(H,31,35)/t21-/m0/s1. The van der Waals surface area contributed by atoms with Gasteiger partial charge in [0.2, 0.25) is 11.8 Å². The Morgan fingerprint density at radius 3 is 2.08 bits per heavy atom. The van der Waals surface area contributed by atoms with Crippen molar-refractivity contribution in [2.45, 2.75) is 38.3 Å². The van der Waals surface area contributed by atoms with Gasteiger partial charge in [0.05, 0.1) is 10.6 Å². The van der Waals surface area contributed by atoms with Crippen LogP contribution >= 0.6 is 0 Å². The van der Waals surface area contributed by atoms with Crippen molar-refractivity contribution < 1.29 is 26.8 Å². The third-order valence-corrected chi connectivity index (χ3v) is 7.66. The number of hydrogen-bond acceptors (Lipinski definition) is 4. The van der Waals surface area contributed by atoms with Crippen LogP contribution in [0.4, 0.5) is 14.5 Å². The Hall–Kier alpha value is -3.79. The minimum absolute atomic E-state index is 0.163. The van der Waals surface area contributed by atoms with Gasteiger partial charge >= 0.3 is 0 Å². The molecular weight excluding hydrogens is 512 g/mol. The number of benzene rings is 3. The molecule has 0 heterocycles. The molecule has 10 heteroatoms. The van der Waals surface area contributed by atoms with Crippen LogP contribution < -0.4 is 9.62 Å². The number of para-hydroxylation sites is 1. The number of anilines is 1. The summed E-state index contributed by atoms with van der Waals surface area (Å²) in [5.41, 5.74) is 0.380. The van der Waals surface area contributed by atoms with Gasteiger partial charge < -0.3 is 10.2 Å². The molecule has 1 atom stereocenters. The predicted molar refractivity (Wildman–Crippen MR) is 142 cm³/mol. The fraction of sp³-hybridized carbons (Fsp3) is 0.286. The molecule has 0 aliphatic rings. The Kier molecular flexibility index (Phi) is 9.57. The Labute approximate surface area is 222 Å². The van der Waals surface area contributed by atoms with Gasteiger partial charge in [-0.2, -0.15) is 0 Å². The van der Waals surface area contributed by atoms with Crippen LogP contribution in [0.15, 0.2) is 83.8 Å². The molecule has 3 aromatic carbocycles. The highest BCUT2D eigenvalue weighted by molar-refractivity contribution is 7.92. The molecule has 202 valence electrons. The van der Waals surface area contributed by atoms with E-state index in [9.17, 15) is 26.8 Å². The third-order valence-electron chi connectivity index (χ3n) is 5.88. The molecule has 0 saturated heterocycles. The first kappa shape index (κ1) is 28.8. The number of carbonyl (C=O) groups excluding carboxylic acids is 2. The molecular formula is C28H31F2N3O4S. The molecule has 1 N–H and O–H groups in total. The van der Waals surface area contributed by atoms with Crippen LogP contribution in [0.2, 0.25) is 0 Å². The number of amides is 2. The lowest BCUT2D eigenvalue weighted by molar-refractivity contribution is -0.139. The van der Waals surface area contributed by atoms with Crippen LogP contribution in [0.5, 0.6) is 0 Å². The van der Waals surface area contributed by atoms with E-state index in [0.717, 1.165) is 33.5 Å². The Balaban J connectivity index is 1.99. The number of nitrogens with one attached hydrogen (secondary N) is 1. The molecule has 7 nitrogen and oxygen atoms in total. The summed E-state index contributed by atoms with van der Waals surface area (Å²) in [4.78, 5) is 27.6. The van der Waals surface area contributed by atoms with Crippen molar-refractivity contribution >= 4 is 27.5 Å². The van der Waals surface area contributed by atoms with Crippen LogP contribution in [0.1, 0.15) is 26.3 Å². The lowest BCUT2D eigenvalue weighted by atomic mass is 10.1. The Morgan fingerprint density at radius 1 is 0.868 bits per heavy atom. The van der Waals surface area contributed by atoms with Gasteiger partial charge in [-0.25, -0.2) is 17.2 Å². The summed E-state index contributed by atoms with van der Waals surface area (Å²) in [6.07, 6.45) is 0. The fourth-order valence-electron chi connectivity index (χ4n) is 3.70. The molecule has 0 aromatic heterocycles. The van der Waals surface area contributed by atoms with Crippen molar-refractivity contribution in [1.29, 1.82) is 0 Å². The van der Waals surface area contributed by atoms with E-state index in [-0.39, 0.29) is 28.6 Å². The summed E-state index contributed by atoms with van der Waals surface area (Å²) in [6, 6.07) is 17.1. The van der Waals surface area contributed by atoms with Gasteiger partial charge in [-0.05, 0) is 55.3 Å². The summed E-state index contributed by atoms with van der Waals surface area (Å²) >= 11 is 0. The zero-order valence-electron chi connectivity index (χ0n) is 21.5. The van der Waals surface area contributed by atoms with Crippen molar-refractivity contribution in [3.05, 3.63) is 96.1 Å². The zero-order chi connectivity index (χ0) is 27.9. The SMILES string of the molecule is CC(C)CNC(=O)[C@H](C)N(Cc1ccccc1F)C(=O)CN(c1ccccc1)S(=O)(=O)c1ccc(F)cc1. The molecule has 0 aliphatic heterocycles. The molecule has 2 amide bonds. The van der Waals surface area contributed by atoms with Crippen LogP contribution in [0.3, 0.4) is 0 Å². The van der Waals surface area contributed by atoms with E-state index in [0.29, 0.717) is 6.54 Å². The maximum absolute atomic E-state index is 14.5. The number of hydrogen-bond donors (Lipinski definition) is 1. The van der Waals surface area contributed by atoms with Gasteiger partial charge in [-0.15, -0.1) is 0 Å². The van der Waals surface area contributed by atoms with Gasteiger partial charge in [0.25, 0.3) is 10.0 Å². The molecule has 0 radical (unpaired) electrons. The number of nitrogens with zero attached hydrogens (tertiary/aromatic N) is 2. The van der Waals surface area contributed by atoms with Crippen molar-refractivity contribution in [1.82, 2.24) is 10.2 Å². The monoisotopic (exact) mass is 543 g/mol. The Morgan fingerprint density at radius 2 is 1.47 bits per heavy atom. The zero-order valence-corrected chi connectivity index (χ0v) is 22.3. The molecule has 0 aliphatic carbocycles. The predicted octanol–water partition coefficient (Wildman–Crippen LogP) is 4.35. The van der Waals surface area contributed by atoms with E-state index < -0.39 is 46.1 Å². The first-order chi connectivity index (χ1) is 18.0. The third kappa shape index (κ3) is 7.16. The van der Waals surface area contributed by atoms with Crippen molar-refractivity contribution in [3.8, 4) is 0 Å². The van der Waals surface area contributed by atoms with E-state index >= 15 is 0 Å². The highest BCUT2D eigenvalue weighted by atomic mass is 32.2. The van der Waals surface area contributed by atoms with Gasteiger partial charge in [0, 0.05) is 18.7 Å². The number of carbonyl (C=O) groups is 2. The van der Waals surface area contributed by atoms with E-state index in [4.69, 9.17) is 0 Å². The Bertz CT molecular complexity index is 1350. The highest BCUT2D eigenvalue weighted by Crippen LogP contribution is 2.25. The van der Waals surface area contributed by atoms with E-state index in [2.05, 4.69) is 5.32 Å². The second-order valence-electron chi connectivity index (χ2n) is 9.23. The number of sulfonamides is 1. The first-order valence-electron chi connectivity index (χ1n) is 12.1. The lowest BCUT2D eigenvalue weighted by Crippen LogP contribution is -2.51. The summed E-state index contributed by atoms with van der Waals surface area (Å²) in [5, 5.41) is 2.77. The normalized spacial score (nSPS) is 12.2. The van der Waals surface area contributed by atoms with E-state index in [1.54, 1.807) is 24.3 Å². The summed E-state index contributed by atoms with van der Waals surface area (Å²) in [5.74, 6) is -2.16. The summed E-state index contributed by atoms with van der Waals surface area (Å²) in [7, 11) is -4.30. The minimum Gasteiger partial charge on any atom is -0.354 e. The maximum Gasteiger partial charge on any atom is 0.264 e. The van der Waals surface area contributed by atoms with Crippen molar-refractivity contribution in [2.24, 2.45) is 5.92 Å². The molecule has 0 spiro atoms. The van der Waals surface area contributed by atoms with E-state index in [1.807, 2.05) is 13.8 Å². The van der Waals surface area contributed by atoms with Crippen molar-refractivity contribution in [2.75, 3.05) is 17.4 Å². The molecule has 3 aromatic rings. The minimum atomic E-state index is -4.30. The average Bonchev–Trinajstić information content (AvgIpc) is 2.90. The summed E-state index contributed by atoms with van der Waals surface area (Å²) < 4.78 is 56.1. The van der Waals surface area contributed by atoms with Crippen LogP contribution in [0, 0.1) is 17.6 Å². The van der Waals surface area contributed by atoms with Crippen LogP contribution in [-0.2, 0) is 26.2 Å². The number of halogens is 2. The van der Waals surface area contributed by atoms with Crippen molar-refractivity contribution in [3.63, 3.8) is 0 Å². The van der Waals surface area contributed by atoms with Gasteiger partial charge in [-0.3, -0.25) is 13.9 Å². The van der Waals surface area contributed by atoms with Gasteiger partial charge in [-0.1, -0.05) is 50.2 Å². The first-order valence-corrected chi connectivity index (χ1v) is 13.6. The average molecular weight is 544 g/mol. The molecule has 3 rings (SSSR count).